The molecule has 0 amide bonds. The lowest BCUT2D eigenvalue weighted by Gasteiger charge is -2.29. The second kappa shape index (κ2) is 4.77. The average molecular weight is 175 g/mol. The number of nitrogens with one attached hydrogen (secondary N) is 1. The molecule has 0 aromatic carbocycles. The predicted octanol–water partition coefficient (Wildman–Crippen LogP) is 1.50. The van der Waals surface area contributed by atoms with Crippen molar-refractivity contribution in [2.24, 2.45) is 0 Å². The third-order valence-electron chi connectivity index (χ3n) is 2.21. The van der Waals surface area contributed by atoms with Gasteiger partial charge in [-0.25, -0.2) is 4.39 Å². The van der Waals surface area contributed by atoms with Crippen molar-refractivity contribution in [3.63, 3.8) is 0 Å². The number of ether oxygens (including phenoxy) is 1. The fraction of sp³-hybridized carbons (Fsp3) is 1.00. The van der Waals surface area contributed by atoms with Crippen LogP contribution in [0.2, 0.25) is 0 Å². The Balaban J connectivity index is 2.17. The molecule has 0 radical (unpaired) electrons. The van der Waals surface area contributed by atoms with Crippen LogP contribution in [0.5, 0.6) is 0 Å². The van der Waals surface area contributed by atoms with Gasteiger partial charge in [0.15, 0.2) is 0 Å². The van der Waals surface area contributed by atoms with Gasteiger partial charge >= 0.3 is 0 Å². The van der Waals surface area contributed by atoms with Crippen molar-refractivity contribution in [3.8, 4) is 0 Å². The summed E-state index contributed by atoms with van der Waals surface area (Å²) in [7, 11) is 0. The molecule has 1 saturated heterocycles. The Kier molecular flexibility index (Phi) is 3.95. The van der Waals surface area contributed by atoms with Crippen LogP contribution >= 0.6 is 0 Å². The van der Waals surface area contributed by atoms with Crippen molar-refractivity contribution < 1.29 is 9.13 Å². The second-order valence-electron chi connectivity index (χ2n) is 3.45. The molecule has 0 atom stereocenters. The molecule has 0 aliphatic carbocycles. The lowest BCUT2D eigenvalue weighted by Crippen LogP contribution is -2.41. The Hall–Kier alpha value is -0.150. The molecule has 1 aliphatic rings. The Morgan fingerprint density at radius 3 is 2.67 bits per heavy atom. The maximum absolute atomic E-state index is 13.7. The highest BCUT2D eigenvalue weighted by atomic mass is 19.1. The normalized spacial score (nSPS) is 22.5. The minimum Gasteiger partial charge on any atom is -0.378 e. The summed E-state index contributed by atoms with van der Waals surface area (Å²) in [5.74, 6) is 0. The molecule has 0 bridgehead atoms. The van der Waals surface area contributed by atoms with E-state index in [1.54, 1.807) is 0 Å². The lowest BCUT2D eigenvalue weighted by atomic mass is 9.96. The van der Waals surface area contributed by atoms with Crippen LogP contribution in [0.1, 0.15) is 26.2 Å². The highest BCUT2D eigenvalue weighted by Gasteiger charge is 2.31. The lowest BCUT2D eigenvalue weighted by molar-refractivity contribution is -0.00343. The molecule has 0 aromatic rings. The standard InChI is InChI=1S/C9H18FNO/c1-2-7-12-8-9(10)3-5-11-6-4-9/h11H,2-8H2,1H3. The van der Waals surface area contributed by atoms with E-state index in [9.17, 15) is 4.39 Å². The van der Waals surface area contributed by atoms with Crippen molar-refractivity contribution in [2.45, 2.75) is 31.9 Å². The van der Waals surface area contributed by atoms with Gasteiger partial charge in [-0.1, -0.05) is 6.92 Å². The molecule has 0 aromatic heterocycles. The van der Waals surface area contributed by atoms with E-state index in [2.05, 4.69) is 5.32 Å². The van der Waals surface area contributed by atoms with Crippen LogP contribution in [0.4, 0.5) is 4.39 Å². The molecule has 12 heavy (non-hydrogen) atoms. The van der Waals surface area contributed by atoms with Crippen molar-refractivity contribution in [3.05, 3.63) is 0 Å². The van der Waals surface area contributed by atoms with Crippen LogP contribution in [-0.2, 0) is 4.74 Å². The Labute approximate surface area is 73.5 Å². The van der Waals surface area contributed by atoms with Gasteiger partial charge in [-0.2, -0.15) is 0 Å². The molecule has 1 aliphatic heterocycles. The first-order valence-corrected chi connectivity index (χ1v) is 4.74. The van der Waals surface area contributed by atoms with Gasteiger partial charge in [-0.3, -0.25) is 0 Å². The Bertz CT molecular complexity index is 124. The Morgan fingerprint density at radius 1 is 1.42 bits per heavy atom. The molecule has 3 heteroatoms. The zero-order valence-corrected chi connectivity index (χ0v) is 7.74. The van der Waals surface area contributed by atoms with E-state index in [-0.39, 0.29) is 6.61 Å². The number of alkyl halides is 1. The van der Waals surface area contributed by atoms with Crippen LogP contribution < -0.4 is 5.32 Å². The van der Waals surface area contributed by atoms with Crippen LogP contribution in [0.3, 0.4) is 0 Å². The summed E-state index contributed by atoms with van der Waals surface area (Å²) in [6.07, 6.45) is 2.15. The van der Waals surface area contributed by atoms with Gasteiger partial charge in [0.1, 0.15) is 5.67 Å². The molecule has 1 N–H and O–H groups in total. The fourth-order valence-corrected chi connectivity index (χ4v) is 1.42. The van der Waals surface area contributed by atoms with Crippen molar-refractivity contribution in [1.29, 1.82) is 0 Å². The number of rotatable bonds is 4. The minimum absolute atomic E-state index is 0.280. The molecule has 1 fully saturated rings. The molecule has 1 rings (SSSR count). The molecule has 2 nitrogen and oxygen atoms in total. The van der Waals surface area contributed by atoms with Gasteiger partial charge in [0.2, 0.25) is 0 Å². The molecule has 1 heterocycles. The van der Waals surface area contributed by atoms with Crippen LogP contribution in [0.15, 0.2) is 0 Å². The van der Waals surface area contributed by atoms with Gasteiger partial charge < -0.3 is 10.1 Å². The Morgan fingerprint density at radius 2 is 2.08 bits per heavy atom. The molecule has 0 spiro atoms. The van der Waals surface area contributed by atoms with E-state index < -0.39 is 5.67 Å². The first-order chi connectivity index (χ1) is 5.77. The third kappa shape index (κ3) is 3.07. The van der Waals surface area contributed by atoms with Crippen molar-refractivity contribution in [1.82, 2.24) is 5.32 Å². The van der Waals surface area contributed by atoms with E-state index >= 15 is 0 Å². The van der Waals surface area contributed by atoms with Gasteiger partial charge in [0, 0.05) is 6.61 Å². The third-order valence-corrected chi connectivity index (χ3v) is 2.21. The second-order valence-corrected chi connectivity index (χ2v) is 3.45. The molecular formula is C9H18FNO. The fourth-order valence-electron chi connectivity index (χ4n) is 1.42. The summed E-state index contributed by atoms with van der Waals surface area (Å²) in [5, 5.41) is 3.13. The summed E-state index contributed by atoms with van der Waals surface area (Å²) in [6, 6.07) is 0. The van der Waals surface area contributed by atoms with Gasteiger partial charge in [-0.05, 0) is 32.4 Å². The predicted molar refractivity (Wildman–Crippen MR) is 47.1 cm³/mol. The van der Waals surface area contributed by atoms with Crippen LogP contribution in [0, 0.1) is 0 Å². The summed E-state index contributed by atoms with van der Waals surface area (Å²) in [4.78, 5) is 0. The topological polar surface area (TPSA) is 21.3 Å². The van der Waals surface area contributed by atoms with Crippen LogP contribution in [0.25, 0.3) is 0 Å². The summed E-state index contributed by atoms with van der Waals surface area (Å²) >= 11 is 0. The minimum atomic E-state index is -1.06. The first kappa shape index (κ1) is 9.93. The first-order valence-electron chi connectivity index (χ1n) is 4.74. The van der Waals surface area contributed by atoms with E-state index in [1.165, 1.54) is 0 Å². The smallest absolute Gasteiger partial charge is 0.136 e. The van der Waals surface area contributed by atoms with Gasteiger partial charge in [0.25, 0.3) is 0 Å². The zero-order valence-electron chi connectivity index (χ0n) is 7.74. The molecular weight excluding hydrogens is 157 g/mol. The summed E-state index contributed by atoms with van der Waals surface area (Å²) in [6.45, 7) is 4.56. The molecule has 0 unspecified atom stereocenters. The molecule has 72 valence electrons. The monoisotopic (exact) mass is 175 g/mol. The van der Waals surface area contributed by atoms with Crippen LogP contribution in [-0.4, -0.2) is 32.0 Å². The number of hydrogen-bond acceptors (Lipinski definition) is 2. The van der Waals surface area contributed by atoms with Crippen molar-refractivity contribution >= 4 is 0 Å². The van der Waals surface area contributed by atoms with Gasteiger partial charge in [0.05, 0.1) is 6.61 Å². The average Bonchev–Trinajstić information content (AvgIpc) is 2.06. The number of halogens is 1. The summed E-state index contributed by atoms with van der Waals surface area (Å²) in [5.41, 5.74) is -1.06. The number of hydrogen-bond donors (Lipinski definition) is 1. The van der Waals surface area contributed by atoms with E-state index in [0.29, 0.717) is 19.4 Å². The van der Waals surface area contributed by atoms with E-state index in [0.717, 1.165) is 19.5 Å². The quantitative estimate of drug-likeness (QED) is 0.654. The summed E-state index contributed by atoms with van der Waals surface area (Å²) < 4.78 is 19.0. The maximum Gasteiger partial charge on any atom is 0.136 e. The highest BCUT2D eigenvalue weighted by molar-refractivity contribution is 4.84. The zero-order chi connectivity index (χ0) is 8.86. The highest BCUT2D eigenvalue weighted by Crippen LogP contribution is 2.23. The van der Waals surface area contributed by atoms with E-state index in [4.69, 9.17) is 4.74 Å². The van der Waals surface area contributed by atoms with Crippen molar-refractivity contribution in [2.75, 3.05) is 26.3 Å². The van der Waals surface area contributed by atoms with E-state index in [1.807, 2.05) is 6.92 Å². The SMILES string of the molecule is CCCOCC1(F)CCNCC1. The molecule has 0 saturated carbocycles. The largest absolute Gasteiger partial charge is 0.378 e. The maximum atomic E-state index is 13.7. The number of piperidine rings is 1. The van der Waals surface area contributed by atoms with Gasteiger partial charge in [-0.15, -0.1) is 0 Å².